The van der Waals surface area contributed by atoms with Gasteiger partial charge in [-0.2, -0.15) is 0 Å². The van der Waals surface area contributed by atoms with Gasteiger partial charge in [-0.15, -0.1) is 6.58 Å². The second-order valence-corrected chi connectivity index (χ2v) is 7.17. The number of rotatable bonds is 10. The molecule has 1 fully saturated rings. The maximum absolute atomic E-state index is 14.5. The van der Waals surface area contributed by atoms with Crippen molar-refractivity contribution in [2.75, 3.05) is 6.61 Å². The van der Waals surface area contributed by atoms with Crippen molar-refractivity contribution in [2.24, 2.45) is 5.92 Å². The summed E-state index contributed by atoms with van der Waals surface area (Å²) in [5.41, 5.74) is 1.83. The van der Waals surface area contributed by atoms with Crippen LogP contribution < -0.4 is 0 Å². The highest BCUT2D eigenvalue weighted by molar-refractivity contribution is 5.27. The van der Waals surface area contributed by atoms with Crippen molar-refractivity contribution in [1.29, 1.82) is 0 Å². The Morgan fingerprint density at radius 2 is 2.00 bits per heavy atom. The quantitative estimate of drug-likeness (QED) is 0.330. The third kappa shape index (κ3) is 6.78. The molecule has 0 spiro atoms. The Kier molecular flexibility index (Phi) is 8.96. The van der Waals surface area contributed by atoms with Crippen LogP contribution in [-0.4, -0.2) is 6.61 Å². The third-order valence-electron chi connectivity index (χ3n) is 5.19. The van der Waals surface area contributed by atoms with E-state index >= 15 is 0 Å². The van der Waals surface area contributed by atoms with Gasteiger partial charge in [-0.25, -0.2) is 4.39 Å². The Morgan fingerprint density at radius 1 is 1.20 bits per heavy atom. The number of hydrogen-bond acceptors (Lipinski definition) is 1. The fraction of sp³-hybridized carbons (Fsp3) is 0.565. The van der Waals surface area contributed by atoms with Gasteiger partial charge in [0.25, 0.3) is 0 Å². The van der Waals surface area contributed by atoms with E-state index in [2.05, 4.69) is 25.7 Å². The average Bonchev–Trinajstić information content (AvgIpc) is 2.63. The van der Waals surface area contributed by atoms with Crippen molar-refractivity contribution in [3.05, 3.63) is 60.0 Å². The standard InChI is InChI=1S/C23H33FO/c1-3-5-7-9-19-10-13-21(14-11-19)22-15-12-20(17-23(22)24)18-25-16-8-6-4-2/h4-5,7,12,15,17,19,21H,2-3,6,8-11,13-14,16,18H2,1H3/b7-5+. The van der Waals surface area contributed by atoms with Gasteiger partial charge in [-0.3, -0.25) is 0 Å². The molecular weight excluding hydrogens is 311 g/mol. The summed E-state index contributed by atoms with van der Waals surface area (Å²) >= 11 is 0. The minimum Gasteiger partial charge on any atom is -0.377 e. The van der Waals surface area contributed by atoms with E-state index in [4.69, 9.17) is 4.74 Å². The monoisotopic (exact) mass is 344 g/mol. The van der Waals surface area contributed by atoms with Gasteiger partial charge in [-0.05, 0) is 80.4 Å². The second-order valence-electron chi connectivity index (χ2n) is 7.17. The lowest BCUT2D eigenvalue weighted by Gasteiger charge is -2.28. The second kappa shape index (κ2) is 11.3. The molecule has 1 aromatic rings. The van der Waals surface area contributed by atoms with E-state index in [1.165, 1.54) is 19.3 Å². The summed E-state index contributed by atoms with van der Waals surface area (Å²) < 4.78 is 20.1. The Hall–Kier alpha value is -1.41. The van der Waals surface area contributed by atoms with Crippen LogP contribution in [0.1, 0.15) is 75.3 Å². The largest absolute Gasteiger partial charge is 0.377 e. The SMILES string of the molecule is C=CCCCOCc1ccc(C2CCC(C/C=C/CC)CC2)c(F)c1. The molecule has 0 amide bonds. The van der Waals surface area contributed by atoms with Crippen molar-refractivity contribution < 1.29 is 9.13 Å². The molecular formula is C23H33FO. The van der Waals surface area contributed by atoms with Gasteiger partial charge in [0.2, 0.25) is 0 Å². The predicted molar refractivity (Wildman–Crippen MR) is 104 cm³/mol. The Balaban J connectivity index is 1.80. The molecule has 0 aromatic heterocycles. The number of allylic oxidation sites excluding steroid dienone is 3. The molecule has 2 heteroatoms. The first kappa shape index (κ1) is 19.9. The molecule has 0 unspecified atom stereocenters. The Labute approximate surface area is 153 Å². The van der Waals surface area contributed by atoms with Gasteiger partial charge < -0.3 is 4.74 Å². The predicted octanol–water partition coefficient (Wildman–Crippen LogP) is 6.94. The molecule has 1 nitrogen and oxygen atoms in total. The van der Waals surface area contributed by atoms with Gasteiger partial charge in [0.05, 0.1) is 6.61 Å². The van der Waals surface area contributed by atoms with Crippen LogP contribution in [0, 0.1) is 11.7 Å². The number of unbranched alkanes of at least 4 members (excludes halogenated alkanes) is 1. The van der Waals surface area contributed by atoms with E-state index in [0.717, 1.165) is 49.1 Å². The van der Waals surface area contributed by atoms with Crippen LogP contribution >= 0.6 is 0 Å². The molecule has 0 radical (unpaired) electrons. The van der Waals surface area contributed by atoms with Crippen molar-refractivity contribution >= 4 is 0 Å². The van der Waals surface area contributed by atoms with Crippen molar-refractivity contribution in [1.82, 2.24) is 0 Å². The zero-order valence-electron chi connectivity index (χ0n) is 15.7. The maximum atomic E-state index is 14.5. The first-order chi connectivity index (χ1) is 12.2. The molecule has 0 aliphatic heterocycles. The lowest BCUT2D eigenvalue weighted by molar-refractivity contribution is 0.119. The Bertz CT molecular complexity index is 541. The molecule has 1 aromatic carbocycles. The topological polar surface area (TPSA) is 9.23 Å². The van der Waals surface area contributed by atoms with Crippen molar-refractivity contribution in [3.63, 3.8) is 0 Å². The van der Waals surface area contributed by atoms with Gasteiger partial charge in [0, 0.05) is 6.61 Å². The summed E-state index contributed by atoms with van der Waals surface area (Å²) in [6.07, 6.45) is 15.4. The minimum absolute atomic E-state index is 0.0541. The fourth-order valence-electron chi connectivity index (χ4n) is 3.68. The van der Waals surface area contributed by atoms with E-state index in [0.29, 0.717) is 19.1 Å². The highest BCUT2D eigenvalue weighted by Gasteiger charge is 2.23. The number of ether oxygens (including phenoxy) is 1. The van der Waals surface area contributed by atoms with Crippen LogP contribution in [0.5, 0.6) is 0 Å². The van der Waals surface area contributed by atoms with E-state index in [9.17, 15) is 4.39 Å². The van der Waals surface area contributed by atoms with Crippen molar-refractivity contribution in [2.45, 2.75) is 70.8 Å². The van der Waals surface area contributed by atoms with E-state index in [1.54, 1.807) is 6.07 Å². The molecule has 1 aliphatic carbocycles. The summed E-state index contributed by atoms with van der Waals surface area (Å²) in [6, 6.07) is 5.68. The molecule has 0 heterocycles. The first-order valence-corrected chi connectivity index (χ1v) is 9.86. The number of halogens is 1. The van der Waals surface area contributed by atoms with Crippen LogP contribution in [0.2, 0.25) is 0 Å². The minimum atomic E-state index is -0.0541. The molecule has 1 saturated carbocycles. The fourth-order valence-corrected chi connectivity index (χ4v) is 3.68. The maximum Gasteiger partial charge on any atom is 0.127 e. The van der Waals surface area contributed by atoms with Gasteiger partial charge in [0.1, 0.15) is 5.82 Å². The zero-order valence-corrected chi connectivity index (χ0v) is 15.7. The summed E-state index contributed by atoms with van der Waals surface area (Å²) in [5, 5.41) is 0. The summed E-state index contributed by atoms with van der Waals surface area (Å²) in [7, 11) is 0. The molecule has 1 aliphatic rings. The highest BCUT2D eigenvalue weighted by Crippen LogP contribution is 2.38. The highest BCUT2D eigenvalue weighted by atomic mass is 19.1. The van der Waals surface area contributed by atoms with Crippen LogP contribution in [-0.2, 0) is 11.3 Å². The Morgan fingerprint density at radius 3 is 2.68 bits per heavy atom. The number of benzene rings is 1. The molecule has 0 atom stereocenters. The molecule has 25 heavy (non-hydrogen) atoms. The normalized spacial score (nSPS) is 20.9. The first-order valence-electron chi connectivity index (χ1n) is 9.86. The van der Waals surface area contributed by atoms with Gasteiger partial charge in [0.15, 0.2) is 0 Å². The summed E-state index contributed by atoms with van der Waals surface area (Å²) in [6.45, 7) is 7.06. The lowest BCUT2D eigenvalue weighted by atomic mass is 9.77. The number of hydrogen-bond donors (Lipinski definition) is 0. The molecule has 0 N–H and O–H groups in total. The van der Waals surface area contributed by atoms with Gasteiger partial charge in [-0.1, -0.05) is 37.3 Å². The van der Waals surface area contributed by atoms with E-state index < -0.39 is 0 Å². The van der Waals surface area contributed by atoms with Crippen molar-refractivity contribution in [3.8, 4) is 0 Å². The molecule has 2 rings (SSSR count). The zero-order chi connectivity index (χ0) is 17.9. The smallest absolute Gasteiger partial charge is 0.127 e. The lowest BCUT2D eigenvalue weighted by Crippen LogP contribution is -2.14. The van der Waals surface area contributed by atoms with Crippen LogP contribution in [0.15, 0.2) is 43.0 Å². The molecule has 0 bridgehead atoms. The average molecular weight is 345 g/mol. The van der Waals surface area contributed by atoms with Crippen LogP contribution in [0.25, 0.3) is 0 Å². The van der Waals surface area contributed by atoms with Crippen LogP contribution in [0.4, 0.5) is 4.39 Å². The van der Waals surface area contributed by atoms with E-state index in [1.807, 2.05) is 18.2 Å². The van der Waals surface area contributed by atoms with Crippen LogP contribution in [0.3, 0.4) is 0 Å². The molecule has 0 saturated heterocycles. The summed E-state index contributed by atoms with van der Waals surface area (Å²) in [5.74, 6) is 1.11. The third-order valence-corrected chi connectivity index (χ3v) is 5.19. The van der Waals surface area contributed by atoms with Gasteiger partial charge >= 0.3 is 0 Å². The molecule has 138 valence electrons. The summed E-state index contributed by atoms with van der Waals surface area (Å²) in [4.78, 5) is 0. The van der Waals surface area contributed by atoms with E-state index in [-0.39, 0.29) is 5.82 Å².